The Morgan fingerprint density at radius 3 is 2.91 bits per heavy atom. The number of benzene rings is 1. The van der Waals surface area contributed by atoms with Gasteiger partial charge in [0.1, 0.15) is 6.04 Å². The van der Waals surface area contributed by atoms with Crippen LogP contribution in [0.2, 0.25) is 0 Å². The number of likely N-dealkylation sites (tertiary alicyclic amines) is 1. The fourth-order valence-electron chi connectivity index (χ4n) is 2.98. The molecule has 7 heteroatoms. The fraction of sp³-hybridized carbons (Fsp3) is 0.375. The Hall–Kier alpha value is -2.88. The maximum atomic E-state index is 12.5. The van der Waals surface area contributed by atoms with Crippen molar-refractivity contribution < 1.29 is 9.59 Å². The highest BCUT2D eigenvalue weighted by Gasteiger charge is 2.32. The lowest BCUT2D eigenvalue weighted by Gasteiger charge is -2.22. The molecule has 7 nitrogen and oxygen atoms in total. The van der Waals surface area contributed by atoms with Gasteiger partial charge in [-0.05, 0) is 31.0 Å². The lowest BCUT2D eigenvalue weighted by molar-refractivity contribution is -0.134. The minimum absolute atomic E-state index is 0.0914. The number of aromatic nitrogens is 2. The average molecular weight is 311 g/mol. The zero-order chi connectivity index (χ0) is 16.6. The zero-order valence-corrected chi connectivity index (χ0v) is 13.0. The average Bonchev–Trinajstić information content (AvgIpc) is 3.13. The van der Waals surface area contributed by atoms with E-state index in [1.807, 2.05) is 0 Å². The Labute approximate surface area is 133 Å². The summed E-state index contributed by atoms with van der Waals surface area (Å²) >= 11 is 0. The summed E-state index contributed by atoms with van der Waals surface area (Å²) in [4.78, 5) is 30.0. The van der Waals surface area contributed by atoms with Crippen LogP contribution in [0.15, 0.2) is 18.2 Å². The van der Waals surface area contributed by atoms with Crippen LogP contribution < -0.4 is 5.32 Å². The molecule has 1 aromatic heterocycles. The number of amides is 2. The normalized spacial score (nSPS) is 17.3. The van der Waals surface area contributed by atoms with Gasteiger partial charge < -0.3 is 9.47 Å². The van der Waals surface area contributed by atoms with Gasteiger partial charge in [-0.3, -0.25) is 14.9 Å². The third-order valence-corrected chi connectivity index (χ3v) is 4.20. The highest BCUT2D eigenvalue weighted by atomic mass is 16.2. The lowest BCUT2D eigenvalue weighted by atomic mass is 10.2. The van der Waals surface area contributed by atoms with Crippen molar-refractivity contribution in [3.8, 4) is 6.07 Å². The SMILES string of the molecule is CC(=O)N1CCC[C@H]1C(=O)Nc1nc2ccc(C#N)cc2n1C. The first-order chi connectivity index (χ1) is 11.0. The van der Waals surface area contributed by atoms with Crippen molar-refractivity contribution in [2.45, 2.75) is 25.8 Å². The van der Waals surface area contributed by atoms with Crippen LogP contribution in [-0.2, 0) is 16.6 Å². The van der Waals surface area contributed by atoms with Crippen LogP contribution >= 0.6 is 0 Å². The molecule has 2 heterocycles. The molecule has 1 saturated heterocycles. The molecule has 0 unspecified atom stereocenters. The lowest BCUT2D eigenvalue weighted by Crippen LogP contribution is -2.42. The third kappa shape index (κ3) is 2.63. The molecule has 1 aliphatic rings. The van der Waals surface area contributed by atoms with Gasteiger partial charge in [-0.1, -0.05) is 0 Å². The number of hydrogen-bond donors (Lipinski definition) is 1. The quantitative estimate of drug-likeness (QED) is 0.907. The maximum absolute atomic E-state index is 12.5. The van der Waals surface area contributed by atoms with Gasteiger partial charge in [0.2, 0.25) is 17.8 Å². The van der Waals surface area contributed by atoms with Crippen LogP contribution in [0.25, 0.3) is 11.0 Å². The van der Waals surface area contributed by atoms with E-state index in [0.29, 0.717) is 30.0 Å². The van der Waals surface area contributed by atoms with Gasteiger partial charge >= 0.3 is 0 Å². The number of rotatable bonds is 2. The molecule has 3 rings (SSSR count). The summed E-state index contributed by atoms with van der Waals surface area (Å²) in [5, 5.41) is 11.8. The van der Waals surface area contributed by atoms with Crippen LogP contribution in [0.3, 0.4) is 0 Å². The summed E-state index contributed by atoms with van der Waals surface area (Å²) < 4.78 is 1.74. The van der Waals surface area contributed by atoms with Gasteiger partial charge in [0.25, 0.3) is 0 Å². The molecule has 0 saturated carbocycles. The summed E-state index contributed by atoms with van der Waals surface area (Å²) in [7, 11) is 1.78. The molecule has 1 fully saturated rings. The molecule has 0 aliphatic carbocycles. The van der Waals surface area contributed by atoms with E-state index in [-0.39, 0.29) is 11.8 Å². The standard InChI is InChI=1S/C16H17N5O2/c1-10(22)21-7-3-4-13(21)15(23)19-16-18-12-6-5-11(9-17)8-14(12)20(16)2/h5-6,8,13H,3-4,7H2,1-2H3,(H,18,19,23)/t13-/m0/s1. The number of aryl methyl sites for hydroxylation is 1. The molecule has 1 aromatic carbocycles. The van der Waals surface area contributed by atoms with Gasteiger partial charge in [-0.25, -0.2) is 4.98 Å². The Kier molecular flexibility index (Phi) is 3.74. The van der Waals surface area contributed by atoms with Gasteiger partial charge in [0, 0.05) is 20.5 Å². The number of carbonyl (C=O) groups is 2. The van der Waals surface area contributed by atoms with Crippen molar-refractivity contribution in [3.63, 3.8) is 0 Å². The highest BCUT2D eigenvalue weighted by molar-refractivity contribution is 5.97. The number of hydrogen-bond acceptors (Lipinski definition) is 4. The van der Waals surface area contributed by atoms with Crippen LogP contribution in [0.5, 0.6) is 0 Å². The largest absolute Gasteiger partial charge is 0.331 e. The van der Waals surface area contributed by atoms with E-state index in [4.69, 9.17) is 5.26 Å². The van der Waals surface area contributed by atoms with Gasteiger partial charge in [0.15, 0.2) is 0 Å². The summed E-state index contributed by atoms with van der Waals surface area (Å²) in [5.74, 6) is 0.0958. The molecule has 2 aromatic rings. The smallest absolute Gasteiger partial charge is 0.249 e. The first-order valence-corrected chi connectivity index (χ1v) is 7.46. The van der Waals surface area contributed by atoms with Crippen molar-refractivity contribution in [3.05, 3.63) is 23.8 Å². The van der Waals surface area contributed by atoms with Gasteiger partial charge in [-0.15, -0.1) is 0 Å². The van der Waals surface area contributed by atoms with Gasteiger partial charge in [0.05, 0.1) is 22.7 Å². The molecule has 0 bridgehead atoms. The van der Waals surface area contributed by atoms with Crippen molar-refractivity contribution >= 4 is 28.8 Å². The number of nitrogens with one attached hydrogen (secondary N) is 1. The molecule has 23 heavy (non-hydrogen) atoms. The Balaban J connectivity index is 1.87. The molecule has 2 amide bonds. The number of carbonyl (C=O) groups excluding carboxylic acids is 2. The van der Waals surface area contributed by atoms with E-state index in [9.17, 15) is 9.59 Å². The minimum atomic E-state index is -0.443. The third-order valence-electron chi connectivity index (χ3n) is 4.20. The molecule has 0 radical (unpaired) electrons. The minimum Gasteiger partial charge on any atom is -0.331 e. The summed E-state index contributed by atoms with van der Waals surface area (Å²) in [5.41, 5.74) is 2.02. The van der Waals surface area contributed by atoms with Crippen molar-refractivity contribution in [2.75, 3.05) is 11.9 Å². The van der Waals surface area contributed by atoms with Crippen LogP contribution in [0.1, 0.15) is 25.3 Å². The first-order valence-electron chi connectivity index (χ1n) is 7.46. The van der Waals surface area contributed by atoms with Gasteiger partial charge in [-0.2, -0.15) is 5.26 Å². The van der Waals surface area contributed by atoms with Crippen molar-refractivity contribution in [1.82, 2.24) is 14.5 Å². The zero-order valence-electron chi connectivity index (χ0n) is 13.0. The van der Waals surface area contributed by atoms with E-state index in [1.165, 1.54) is 6.92 Å². The summed E-state index contributed by atoms with van der Waals surface area (Å²) in [6, 6.07) is 6.82. The van der Waals surface area contributed by atoms with E-state index in [1.54, 1.807) is 34.7 Å². The number of fused-ring (bicyclic) bond motifs is 1. The molecule has 1 aliphatic heterocycles. The Bertz CT molecular complexity index is 833. The van der Waals surface area contributed by atoms with Crippen LogP contribution in [0.4, 0.5) is 5.95 Å². The number of imidazole rings is 1. The number of nitriles is 1. The van der Waals surface area contributed by atoms with E-state index >= 15 is 0 Å². The molecule has 1 N–H and O–H groups in total. The van der Waals surface area contributed by atoms with Crippen molar-refractivity contribution in [1.29, 1.82) is 5.26 Å². The van der Waals surface area contributed by atoms with E-state index in [0.717, 1.165) is 11.9 Å². The second kappa shape index (κ2) is 5.72. The second-order valence-corrected chi connectivity index (χ2v) is 5.67. The van der Waals surface area contributed by atoms with Crippen LogP contribution in [-0.4, -0.2) is 38.9 Å². The molecule has 1 atom stereocenters. The maximum Gasteiger partial charge on any atom is 0.249 e. The Morgan fingerprint density at radius 2 is 2.22 bits per heavy atom. The van der Waals surface area contributed by atoms with E-state index in [2.05, 4.69) is 16.4 Å². The Morgan fingerprint density at radius 1 is 1.43 bits per heavy atom. The predicted molar refractivity (Wildman–Crippen MR) is 84.5 cm³/mol. The molecule has 0 spiro atoms. The van der Waals surface area contributed by atoms with E-state index < -0.39 is 6.04 Å². The summed E-state index contributed by atoms with van der Waals surface area (Å²) in [6.07, 6.45) is 1.49. The molecule has 118 valence electrons. The summed E-state index contributed by atoms with van der Waals surface area (Å²) in [6.45, 7) is 2.09. The number of anilines is 1. The topological polar surface area (TPSA) is 91.0 Å². The van der Waals surface area contributed by atoms with Crippen LogP contribution in [0, 0.1) is 11.3 Å². The fourth-order valence-corrected chi connectivity index (χ4v) is 2.98. The molecular formula is C16H17N5O2. The highest BCUT2D eigenvalue weighted by Crippen LogP contribution is 2.22. The molecular weight excluding hydrogens is 294 g/mol. The second-order valence-electron chi connectivity index (χ2n) is 5.67. The predicted octanol–water partition coefficient (Wildman–Crippen LogP) is 1.39. The number of nitrogens with zero attached hydrogens (tertiary/aromatic N) is 4. The van der Waals surface area contributed by atoms with Crippen molar-refractivity contribution in [2.24, 2.45) is 7.05 Å². The monoisotopic (exact) mass is 311 g/mol. The first kappa shape index (κ1) is 15.0.